The molecule has 2 aromatic heterocycles. The van der Waals surface area contributed by atoms with Gasteiger partial charge in [0.15, 0.2) is 5.82 Å². The summed E-state index contributed by atoms with van der Waals surface area (Å²) in [5, 5.41) is 15.0. The molecule has 0 bridgehead atoms. The van der Waals surface area contributed by atoms with Crippen LogP contribution in [0.1, 0.15) is 59.4 Å². The third-order valence-electron chi connectivity index (χ3n) is 6.69. The van der Waals surface area contributed by atoms with Crippen LogP contribution < -0.4 is 10.6 Å². The average molecular weight is 505 g/mol. The summed E-state index contributed by atoms with van der Waals surface area (Å²) in [5.41, 5.74) is 1.99. The Morgan fingerprint density at radius 3 is 2.94 bits per heavy atom. The summed E-state index contributed by atoms with van der Waals surface area (Å²) < 4.78 is 20.1. The van der Waals surface area contributed by atoms with E-state index in [2.05, 4.69) is 27.8 Å². The highest BCUT2D eigenvalue weighted by atomic mass is 35.5. The lowest BCUT2D eigenvalue weighted by atomic mass is 9.79. The Labute approximate surface area is 208 Å². The SMILES string of the molecule is Cc1ncc(Cl)c(C(=O)N[C@@H](CCOC2CC(CCc3ccc4c(n3)NCCC4)C2)C(=O)O)c1F. The zero-order valence-electron chi connectivity index (χ0n) is 19.7. The molecule has 0 unspecified atom stereocenters. The van der Waals surface area contributed by atoms with Gasteiger partial charge in [-0.05, 0) is 63.0 Å². The van der Waals surface area contributed by atoms with Crippen LogP contribution in [0.15, 0.2) is 18.3 Å². The van der Waals surface area contributed by atoms with E-state index in [1.54, 1.807) is 0 Å². The molecule has 10 heteroatoms. The number of carbonyl (C=O) groups is 2. The number of amides is 1. The van der Waals surface area contributed by atoms with E-state index in [0.717, 1.165) is 56.6 Å². The number of aryl methyl sites for hydroxylation is 3. The normalized spacial score (nSPS) is 19.7. The smallest absolute Gasteiger partial charge is 0.326 e. The standard InChI is InChI=1S/C25H30ClFN4O4/c1-14-22(27)21(19(26)13-29-14)24(32)31-20(25(33)34)8-10-35-18-11-15(12-18)4-6-17-7-5-16-3-2-9-28-23(16)30-17/h5,7,13,15,18,20H,2-4,6,8-12H2,1H3,(H,28,30)(H,31,32)(H,33,34)/t15?,18?,20-/m0/s1. The van der Waals surface area contributed by atoms with Gasteiger partial charge in [-0.15, -0.1) is 0 Å². The van der Waals surface area contributed by atoms with Crippen molar-refractivity contribution < 1.29 is 23.8 Å². The Morgan fingerprint density at radius 1 is 1.37 bits per heavy atom. The molecule has 1 amide bonds. The van der Waals surface area contributed by atoms with Gasteiger partial charge in [-0.3, -0.25) is 9.78 Å². The van der Waals surface area contributed by atoms with E-state index in [1.165, 1.54) is 18.7 Å². The number of aliphatic carboxylic acids is 1. The number of fused-ring (bicyclic) bond motifs is 1. The summed E-state index contributed by atoms with van der Waals surface area (Å²) in [6.07, 6.45) is 7.35. The van der Waals surface area contributed by atoms with Gasteiger partial charge in [0.25, 0.3) is 5.91 Å². The fourth-order valence-electron chi connectivity index (χ4n) is 4.52. The van der Waals surface area contributed by atoms with Crippen LogP contribution in [-0.2, 0) is 22.4 Å². The molecule has 0 radical (unpaired) electrons. The predicted molar refractivity (Wildman–Crippen MR) is 129 cm³/mol. The molecule has 1 saturated carbocycles. The van der Waals surface area contributed by atoms with Gasteiger partial charge in [0.1, 0.15) is 11.9 Å². The van der Waals surface area contributed by atoms with E-state index in [-0.39, 0.29) is 29.8 Å². The Morgan fingerprint density at radius 2 is 2.17 bits per heavy atom. The molecule has 3 N–H and O–H groups in total. The Bertz CT molecular complexity index is 1090. The van der Waals surface area contributed by atoms with E-state index < -0.39 is 29.3 Å². The number of hydrogen-bond acceptors (Lipinski definition) is 6. The summed E-state index contributed by atoms with van der Waals surface area (Å²) in [5.74, 6) is -1.39. The van der Waals surface area contributed by atoms with Crippen molar-refractivity contribution in [1.29, 1.82) is 0 Å². The van der Waals surface area contributed by atoms with E-state index >= 15 is 0 Å². The summed E-state index contributed by atoms with van der Waals surface area (Å²) in [4.78, 5) is 32.5. The number of ether oxygens (including phenoxy) is 1. The summed E-state index contributed by atoms with van der Waals surface area (Å²) >= 11 is 5.90. The zero-order valence-corrected chi connectivity index (χ0v) is 20.4. The van der Waals surface area contributed by atoms with Gasteiger partial charge in [0.2, 0.25) is 0 Å². The van der Waals surface area contributed by atoms with Crippen molar-refractivity contribution in [1.82, 2.24) is 15.3 Å². The molecule has 8 nitrogen and oxygen atoms in total. The molecule has 0 saturated heterocycles. The molecule has 2 aromatic rings. The van der Waals surface area contributed by atoms with Crippen LogP contribution in [0.4, 0.5) is 10.2 Å². The minimum absolute atomic E-state index is 0.00775. The highest BCUT2D eigenvalue weighted by Crippen LogP contribution is 2.34. The number of rotatable bonds is 10. The molecule has 188 valence electrons. The van der Waals surface area contributed by atoms with Gasteiger partial charge in [-0.1, -0.05) is 17.7 Å². The van der Waals surface area contributed by atoms with Gasteiger partial charge < -0.3 is 20.5 Å². The van der Waals surface area contributed by atoms with E-state index in [0.29, 0.717) is 5.92 Å². The average Bonchev–Trinajstić information content (AvgIpc) is 2.81. The molecule has 35 heavy (non-hydrogen) atoms. The lowest BCUT2D eigenvalue weighted by Gasteiger charge is -2.35. The fraction of sp³-hybridized carbons (Fsp3) is 0.520. The lowest BCUT2D eigenvalue weighted by Crippen LogP contribution is -2.42. The minimum Gasteiger partial charge on any atom is -0.480 e. The van der Waals surface area contributed by atoms with Crippen LogP contribution in [0.2, 0.25) is 5.02 Å². The number of carboxylic acid groups (broad SMARTS) is 1. The largest absolute Gasteiger partial charge is 0.480 e. The van der Waals surface area contributed by atoms with Gasteiger partial charge in [-0.2, -0.15) is 0 Å². The highest BCUT2D eigenvalue weighted by Gasteiger charge is 2.31. The number of halogens is 2. The van der Waals surface area contributed by atoms with E-state index in [9.17, 15) is 19.1 Å². The molecule has 1 atom stereocenters. The van der Waals surface area contributed by atoms with Gasteiger partial charge in [0, 0.05) is 31.5 Å². The summed E-state index contributed by atoms with van der Waals surface area (Å²) in [6, 6.07) is 3.07. The maximum atomic E-state index is 14.3. The van der Waals surface area contributed by atoms with Crippen molar-refractivity contribution in [3.05, 3.63) is 51.7 Å². The monoisotopic (exact) mass is 504 g/mol. The number of hydrogen-bond donors (Lipinski definition) is 3. The van der Waals surface area contributed by atoms with Gasteiger partial charge >= 0.3 is 5.97 Å². The quantitative estimate of drug-likeness (QED) is 0.449. The third-order valence-corrected chi connectivity index (χ3v) is 6.98. The highest BCUT2D eigenvalue weighted by molar-refractivity contribution is 6.33. The van der Waals surface area contributed by atoms with Gasteiger partial charge in [-0.25, -0.2) is 14.2 Å². The molecular weight excluding hydrogens is 475 g/mol. The molecule has 1 aliphatic heterocycles. The fourth-order valence-corrected chi connectivity index (χ4v) is 4.73. The summed E-state index contributed by atoms with van der Waals surface area (Å²) in [6.45, 7) is 2.56. The van der Waals surface area contributed by atoms with Crippen molar-refractivity contribution in [3.8, 4) is 0 Å². The van der Waals surface area contributed by atoms with Crippen molar-refractivity contribution in [2.75, 3.05) is 18.5 Å². The Balaban J connectivity index is 1.18. The first-order chi connectivity index (χ1) is 16.8. The first-order valence-corrected chi connectivity index (χ1v) is 12.4. The first-order valence-electron chi connectivity index (χ1n) is 12.0. The molecule has 1 aliphatic carbocycles. The zero-order chi connectivity index (χ0) is 24.9. The van der Waals surface area contributed by atoms with Crippen LogP contribution in [0, 0.1) is 18.7 Å². The van der Waals surface area contributed by atoms with Crippen LogP contribution in [-0.4, -0.2) is 52.2 Å². The van der Waals surface area contributed by atoms with Crippen LogP contribution in [0.5, 0.6) is 0 Å². The van der Waals surface area contributed by atoms with E-state index in [1.807, 2.05) is 0 Å². The maximum absolute atomic E-state index is 14.3. The second-order valence-corrected chi connectivity index (χ2v) is 9.65. The molecule has 4 rings (SSSR count). The number of anilines is 1. The molecular formula is C25H30ClFN4O4. The molecule has 1 fully saturated rings. The Kier molecular flexibility index (Phi) is 8.18. The van der Waals surface area contributed by atoms with E-state index in [4.69, 9.17) is 21.3 Å². The summed E-state index contributed by atoms with van der Waals surface area (Å²) in [7, 11) is 0. The number of pyridine rings is 2. The number of carbonyl (C=O) groups excluding carboxylic acids is 1. The second-order valence-electron chi connectivity index (χ2n) is 9.24. The third kappa shape index (κ3) is 6.27. The molecule has 3 heterocycles. The molecule has 2 aliphatic rings. The first kappa shape index (κ1) is 25.3. The van der Waals surface area contributed by atoms with Crippen LogP contribution in [0.3, 0.4) is 0 Å². The lowest BCUT2D eigenvalue weighted by molar-refractivity contribution is -0.140. The number of aromatic nitrogens is 2. The van der Waals surface area contributed by atoms with Crippen molar-refractivity contribution >= 4 is 29.3 Å². The number of nitrogens with zero attached hydrogens (tertiary/aromatic N) is 2. The maximum Gasteiger partial charge on any atom is 0.326 e. The Hall–Kier alpha value is -2.78. The second kappa shape index (κ2) is 11.3. The van der Waals surface area contributed by atoms with Crippen LogP contribution in [0.25, 0.3) is 0 Å². The molecule has 0 aromatic carbocycles. The number of nitrogens with one attached hydrogen (secondary N) is 2. The van der Waals surface area contributed by atoms with Crippen LogP contribution >= 0.6 is 11.6 Å². The van der Waals surface area contributed by atoms with Crippen molar-refractivity contribution in [2.24, 2.45) is 5.92 Å². The predicted octanol–water partition coefficient (Wildman–Crippen LogP) is 3.94. The number of carboxylic acids is 1. The molecule has 0 spiro atoms. The van der Waals surface area contributed by atoms with Crippen molar-refractivity contribution in [2.45, 2.75) is 64.0 Å². The minimum atomic E-state index is -1.22. The topological polar surface area (TPSA) is 113 Å². The van der Waals surface area contributed by atoms with Gasteiger partial charge in [0.05, 0.1) is 22.4 Å². The van der Waals surface area contributed by atoms with Crippen molar-refractivity contribution in [3.63, 3.8) is 0 Å².